The normalized spacial score (nSPS) is 12.1. The van der Waals surface area contributed by atoms with E-state index in [9.17, 15) is 14.4 Å². The van der Waals surface area contributed by atoms with Crippen molar-refractivity contribution in [2.24, 2.45) is 23.1 Å². The molecule has 0 bridgehead atoms. The topological polar surface area (TPSA) is 190 Å². The number of carbonyl (C=O) groups is 3. The summed E-state index contributed by atoms with van der Waals surface area (Å²) in [4.78, 5) is 29.3. The Morgan fingerprint density at radius 1 is 1.05 bits per heavy atom. The number of carboxylic acids is 3. The van der Waals surface area contributed by atoms with Crippen LogP contribution in [-0.2, 0) is 14.4 Å². The Hall–Kier alpha value is -1.36. The van der Waals surface area contributed by atoms with Crippen molar-refractivity contribution in [3.63, 3.8) is 0 Å². The minimum absolute atomic E-state index is 0.0208. The zero-order chi connectivity index (χ0) is 18.3. The first-order chi connectivity index (χ1) is 10.0. The highest BCUT2D eigenvalue weighted by molar-refractivity contribution is 7.98. The summed E-state index contributed by atoms with van der Waals surface area (Å²) in [5.41, 5.74) is 14.9. The van der Waals surface area contributed by atoms with Crippen LogP contribution in [0, 0.1) is 5.92 Å². The summed E-state index contributed by atoms with van der Waals surface area (Å²) in [6.45, 7) is 3.28. The van der Waals surface area contributed by atoms with E-state index in [0.717, 1.165) is 5.75 Å². The molecule has 0 heterocycles. The van der Waals surface area contributed by atoms with Crippen molar-refractivity contribution in [2.45, 2.75) is 32.4 Å². The highest BCUT2D eigenvalue weighted by atomic mass is 32.2. The first-order valence-electron chi connectivity index (χ1n) is 6.38. The van der Waals surface area contributed by atoms with Crippen molar-refractivity contribution in [3.05, 3.63) is 0 Å². The fraction of sp³-hybridized carbons (Fsp3) is 0.750. The predicted molar refractivity (Wildman–Crippen MR) is 85.7 cm³/mol. The molecule has 0 radical (unpaired) electrons. The van der Waals surface area contributed by atoms with Crippen molar-refractivity contribution in [1.82, 2.24) is 0 Å². The summed E-state index contributed by atoms with van der Waals surface area (Å²) < 4.78 is 0. The Morgan fingerprint density at radius 2 is 1.45 bits per heavy atom. The van der Waals surface area contributed by atoms with Gasteiger partial charge in [-0.3, -0.25) is 14.4 Å². The number of rotatable bonds is 7. The molecule has 0 rings (SSSR count). The van der Waals surface area contributed by atoms with Gasteiger partial charge < -0.3 is 32.5 Å². The SMILES string of the molecule is CC(C)[C@H](N)C(=O)O.CSCC[C@H](N)C(=O)O.NCC(=O)O. The van der Waals surface area contributed by atoms with E-state index in [2.05, 4.69) is 5.73 Å². The molecule has 10 heteroatoms. The average Bonchev–Trinajstić information content (AvgIpc) is 2.44. The first-order valence-corrected chi connectivity index (χ1v) is 7.78. The third-order valence-electron chi connectivity index (χ3n) is 2.13. The number of thioether (sulfide) groups is 1. The van der Waals surface area contributed by atoms with E-state index in [1.807, 2.05) is 6.26 Å². The second-order valence-electron chi connectivity index (χ2n) is 4.43. The predicted octanol–water partition coefficient (Wildman–Crippen LogP) is -0.765. The maximum Gasteiger partial charge on any atom is 0.320 e. The highest BCUT2D eigenvalue weighted by Gasteiger charge is 2.14. The van der Waals surface area contributed by atoms with Crippen LogP contribution in [0.5, 0.6) is 0 Å². The Bertz CT molecular complexity index is 328. The molecule has 0 aliphatic carbocycles. The standard InChI is InChI=1S/C5H11NO2S.C5H11NO2.C2H5NO2/c1-9-3-2-4(6)5(7)8;1-3(2)4(6)5(7)8;3-1-2(4)5/h4H,2-3,6H2,1H3,(H,7,8);3-4H,6H2,1-2H3,(H,7,8);1,3H2,(H,4,5)/t2*4-;/m00./s1. The van der Waals surface area contributed by atoms with Crippen LogP contribution in [-0.4, -0.2) is 63.9 Å². The summed E-state index contributed by atoms with van der Waals surface area (Å²) in [6.07, 6.45) is 2.48. The first kappa shape index (κ1) is 25.6. The summed E-state index contributed by atoms with van der Waals surface area (Å²) >= 11 is 1.60. The minimum Gasteiger partial charge on any atom is -0.480 e. The van der Waals surface area contributed by atoms with E-state index in [0.29, 0.717) is 6.42 Å². The van der Waals surface area contributed by atoms with Gasteiger partial charge in [0.05, 0.1) is 6.54 Å². The molecule has 0 saturated carbocycles. The van der Waals surface area contributed by atoms with Gasteiger partial charge in [0.15, 0.2) is 0 Å². The smallest absolute Gasteiger partial charge is 0.320 e. The van der Waals surface area contributed by atoms with E-state index in [1.165, 1.54) is 0 Å². The van der Waals surface area contributed by atoms with Gasteiger partial charge in [-0.1, -0.05) is 13.8 Å². The molecule has 0 unspecified atom stereocenters. The van der Waals surface area contributed by atoms with Crippen LogP contribution in [0.4, 0.5) is 0 Å². The van der Waals surface area contributed by atoms with Gasteiger partial charge in [0, 0.05) is 0 Å². The molecule has 0 saturated heterocycles. The molecular formula is C12H27N3O6S. The second-order valence-corrected chi connectivity index (χ2v) is 5.42. The van der Waals surface area contributed by atoms with Crippen molar-refractivity contribution in [1.29, 1.82) is 0 Å². The molecule has 0 fully saturated rings. The van der Waals surface area contributed by atoms with Crippen LogP contribution in [0.3, 0.4) is 0 Å². The summed E-state index contributed by atoms with van der Waals surface area (Å²) in [6, 6.07) is -1.40. The molecule has 132 valence electrons. The maximum absolute atomic E-state index is 10.1. The van der Waals surface area contributed by atoms with Gasteiger partial charge in [0.25, 0.3) is 0 Å². The quantitative estimate of drug-likeness (QED) is 0.343. The minimum atomic E-state index is -0.968. The summed E-state index contributed by atoms with van der Waals surface area (Å²) in [7, 11) is 0. The summed E-state index contributed by atoms with van der Waals surface area (Å²) in [5.74, 6) is -1.98. The largest absolute Gasteiger partial charge is 0.480 e. The number of aliphatic carboxylic acids is 3. The molecule has 0 aromatic carbocycles. The highest BCUT2D eigenvalue weighted by Crippen LogP contribution is 1.98. The zero-order valence-corrected chi connectivity index (χ0v) is 13.9. The van der Waals surface area contributed by atoms with Crippen LogP contribution >= 0.6 is 11.8 Å². The average molecular weight is 341 g/mol. The van der Waals surface area contributed by atoms with Crippen molar-refractivity contribution in [2.75, 3.05) is 18.6 Å². The van der Waals surface area contributed by atoms with E-state index < -0.39 is 30.0 Å². The Labute approximate surface area is 134 Å². The van der Waals surface area contributed by atoms with Crippen LogP contribution in [0.2, 0.25) is 0 Å². The van der Waals surface area contributed by atoms with Crippen LogP contribution in [0.25, 0.3) is 0 Å². The van der Waals surface area contributed by atoms with Crippen molar-refractivity contribution in [3.8, 4) is 0 Å². The zero-order valence-electron chi connectivity index (χ0n) is 13.1. The van der Waals surface area contributed by atoms with Gasteiger partial charge in [-0.2, -0.15) is 11.8 Å². The number of hydrogen-bond donors (Lipinski definition) is 6. The number of hydrogen-bond acceptors (Lipinski definition) is 7. The van der Waals surface area contributed by atoms with Gasteiger partial charge in [-0.05, 0) is 24.3 Å². The third-order valence-corrected chi connectivity index (χ3v) is 2.77. The van der Waals surface area contributed by atoms with Crippen LogP contribution in [0.1, 0.15) is 20.3 Å². The lowest BCUT2D eigenvalue weighted by Gasteiger charge is -2.07. The van der Waals surface area contributed by atoms with Gasteiger partial charge >= 0.3 is 17.9 Å². The molecule has 0 aliphatic heterocycles. The fourth-order valence-corrected chi connectivity index (χ4v) is 1.14. The number of carboxylic acid groups (broad SMARTS) is 3. The monoisotopic (exact) mass is 341 g/mol. The van der Waals surface area contributed by atoms with Gasteiger partial charge in [-0.15, -0.1) is 0 Å². The van der Waals surface area contributed by atoms with Gasteiger partial charge in [0.2, 0.25) is 0 Å². The molecule has 0 spiro atoms. The second kappa shape index (κ2) is 16.0. The molecule has 0 aromatic rings. The molecule has 9 nitrogen and oxygen atoms in total. The fourth-order valence-electron chi connectivity index (χ4n) is 0.653. The van der Waals surface area contributed by atoms with Crippen molar-refractivity contribution < 1.29 is 29.7 Å². The van der Waals surface area contributed by atoms with Gasteiger partial charge in [-0.25, -0.2) is 0 Å². The van der Waals surface area contributed by atoms with E-state index in [-0.39, 0.29) is 12.5 Å². The third kappa shape index (κ3) is 20.9. The lowest BCUT2D eigenvalue weighted by molar-refractivity contribution is -0.140. The van der Waals surface area contributed by atoms with E-state index in [4.69, 9.17) is 26.8 Å². The molecule has 0 aromatic heterocycles. The van der Waals surface area contributed by atoms with Crippen molar-refractivity contribution >= 4 is 29.7 Å². The van der Waals surface area contributed by atoms with Crippen LogP contribution < -0.4 is 17.2 Å². The molecule has 22 heavy (non-hydrogen) atoms. The molecular weight excluding hydrogens is 314 g/mol. The maximum atomic E-state index is 10.1. The lowest BCUT2D eigenvalue weighted by atomic mass is 10.1. The number of nitrogens with two attached hydrogens (primary N) is 3. The van der Waals surface area contributed by atoms with E-state index in [1.54, 1.807) is 25.6 Å². The Kier molecular flexibility index (Phi) is 18.6. The Balaban J connectivity index is -0.000000257. The Morgan fingerprint density at radius 3 is 1.59 bits per heavy atom. The summed E-state index contributed by atoms with van der Waals surface area (Å²) in [5, 5.41) is 24.1. The molecule has 0 aliphatic rings. The molecule has 9 N–H and O–H groups in total. The van der Waals surface area contributed by atoms with E-state index >= 15 is 0 Å². The lowest BCUT2D eigenvalue weighted by Crippen LogP contribution is -2.34. The molecule has 2 atom stereocenters. The molecule has 0 amide bonds. The van der Waals surface area contributed by atoms with Crippen LogP contribution in [0.15, 0.2) is 0 Å². The van der Waals surface area contributed by atoms with Gasteiger partial charge in [0.1, 0.15) is 12.1 Å².